The molecule has 1 fully saturated rings. The molecule has 0 radical (unpaired) electrons. The van der Waals surface area contributed by atoms with Gasteiger partial charge in [-0.25, -0.2) is 12.8 Å². The molecule has 2 N–H and O–H groups in total. The summed E-state index contributed by atoms with van der Waals surface area (Å²) in [5.41, 5.74) is 2.40. The predicted molar refractivity (Wildman–Crippen MR) is 116 cm³/mol. The van der Waals surface area contributed by atoms with Crippen LogP contribution in [0.25, 0.3) is 11.1 Å². The van der Waals surface area contributed by atoms with Gasteiger partial charge in [-0.1, -0.05) is 18.2 Å². The van der Waals surface area contributed by atoms with Crippen molar-refractivity contribution in [2.45, 2.75) is 36.3 Å². The van der Waals surface area contributed by atoms with E-state index in [0.29, 0.717) is 35.6 Å². The molecule has 168 valence electrons. The Morgan fingerprint density at radius 3 is 2.84 bits per heavy atom. The Balaban J connectivity index is 1.46. The fourth-order valence-corrected chi connectivity index (χ4v) is 5.55. The van der Waals surface area contributed by atoms with Crippen molar-refractivity contribution in [1.29, 1.82) is 5.26 Å². The number of hydrogen-bond acceptors (Lipinski definition) is 6. The highest BCUT2D eigenvalue weighted by molar-refractivity contribution is 7.91. The first-order valence-corrected chi connectivity index (χ1v) is 12.2. The Kier molecular flexibility index (Phi) is 6.55. The van der Waals surface area contributed by atoms with Gasteiger partial charge in [-0.3, -0.25) is 4.79 Å². The van der Waals surface area contributed by atoms with Crippen LogP contribution in [0, 0.1) is 17.1 Å². The van der Waals surface area contributed by atoms with Crippen LogP contribution >= 0.6 is 0 Å². The van der Waals surface area contributed by atoms with Crippen molar-refractivity contribution in [3.8, 4) is 17.2 Å². The van der Waals surface area contributed by atoms with E-state index in [0.717, 1.165) is 24.1 Å². The zero-order valence-electron chi connectivity index (χ0n) is 17.4. The topological polar surface area (TPSA) is 108 Å². The van der Waals surface area contributed by atoms with E-state index in [1.54, 1.807) is 30.3 Å². The quantitative estimate of drug-likeness (QED) is 0.708. The average molecular weight is 458 g/mol. The summed E-state index contributed by atoms with van der Waals surface area (Å²) < 4.78 is 44.3. The van der Waals surface area contributed by atoms with Crippen LogP contribution < -0.4 is 10.6 Å². The molecule has 0 unspecified atom stereocenters. The number of carbonyl (C=O) groups is 1. The van der Waals surface area contributed by atoms with Gasteiger partial charge in [0.1, 0.15) is 18.0 Å². The number of benzene rings is 2. The van der Waals surface area contributed by atoms with Gasteiger partial charge < -0.3 is 15.4 Å². The van der Waals surface area contributed by atoms with E-state index in [1.165, 1.54) is 6.07 Å². The molecule has 2 aromatic rings. The van der Waals surface area contributed by atoms with Gasteiger partial charge in [0.2, 0.25) is 0 Å². The molecule has 1 saturated heterocycles. The molecular formula is C23H24FN3O4S. The minimum atomic E-state index is -3.21. The predicted octanol–water partition coefficient (Wildman–Crippen LogP) is 1.75. The lowest BCUT2D eigenvalue weighted by molar-refractivity contribution is -0.132. The number of halogens is 1. The largest absolute Gasteiger partial charge is 0.367 e. The van der Waals surface area contributed by atoms with Crippen molar-refractivity contribution in [3.05, 3.63) is 53.3 Å². The van der Waals surface area contributed by atoms with E-state index in [1.807, 2.05) is 6.07 Å². The minimum absolute atomic E-state index is 0.0247. The SMILES string of the molecule is N#C[C@H](Cc1ccc(-c2ccc3c(c2)CCS3(=O)=O)cc1F)NC(=O)[C@@H]1CNCCCO1. The Hall–Kier alpha value is -2.80. The Morgan fingerprint density at radius 1 is 1.28 bits per heavy atom. The number of aryl methyl sites for hydroxylation is 1. The van der Waals surface area contributed by atoms with Crippen LogP contribution in [0.2, 0.25) is 0 Å². The van der Waals surface area contributed by atoms with Crippen molar-refractivity contribution in [1.82, 2.24) is 10.6 Å². The first kappa shape index (κ1) is 22.4. The molecule has 0 bridgehead atoms. The molecule has 2 heterocycles. The maximum Gasteiger partial charge on any atom is 0.251 e. The highest BCUT2D eigenvalue weighted by Gasteiger charge is 2.26. The van der Waals surface area contributed by atoms with E-state index >= 15 is 0 Å². The van der Waals surface area contributed by atoms with Crippen LogP contribution in [0.4, 0.5) is 4.39 Å². The molecule has 2 aliphatic rings. The summed E-state index contributed by atoms with van der Waals surface area (Å²) in [7, 11) is -3.21. The van der Waals surface area contributed by atoms with Gasteiger partial charge in [-0.2, -0.15) is 5.26 Å². The highest BCUT2D eigenvalue weighted by atomic mass is 32.2. The second kappa shape index (κ2) is 9.36. The number of amides is 1. The molecule has 32 heavy (non-hydrogen) atoms. The number of nitrogens with one attached hydrogen (secondary N) is 2. The van der Waals surface area contributed by atoms with Gasteiger partial charge in [-0.05, 0) is 59.8 Å². The van der Waals surface area contributed by atoms with Crippen LogP contribution in [0.15, 0.2) is 41.3 Å². The molecule has 0 aromatic heterocycles. The summed E-state index contributed by atoms with van der Waals surface area (Å²) >= 11 is 0. The van der Waals surface area contributed by atoms with Crippen molar-refractivity contribution >= 4 is 15.7 Å². The first-order valence-electron chi connectivity index (χ1n) is 10.5. The number of hydrogen-bond donors (Lipinski definition) is 2. The number of nitrogens with zero attached hydrogens (tertiary/aromatic N) is 1. The van der Waals surface area contributed by atoms with Gasteiger partial charge >= 0.3 is 0 Å². The van der Waals surface area contributed by atoms with E-state index in [4.69, 9.17) is 4.74 Å². The third kappa shape index (κ3) is 4.83. The molecule has 9 heteroatoms. The maximum atomic E-state index is 14.8. The minimum Gasteiger partial charge on any atom is -0.367 e. The molecule has 2 aromatic carbocycles. The van der Waals surface area contributed by atoms with Gasteiger partial charge in [-0.15, -0.1) is 0 Å². The fraction of sp³-hybridized carbons (Fsp3) is 0.391. The highest BCUT2D eigenvalue weighted by Crippen LogP contribution is 2.31. The van der Waals surface area contributed by atoms with Gasteiger partial charge in [0.05, 0.1) is 16.7 Å². The fourth-order valence-electron chi connectivity index (χ4n) is 4.00. The molecule has 7 nitrogen and oxygen atoms in total. The molecule has 2 aliphatic heterocycles. The lowest BCUT2D eigenvalue weighted by atomic mass is 9.98. The lowest BCUT2D eigenvalue weighted by Gasteiger charge is -2.18. The summed E-state index contributed by atoms with van der Waals surface area (Å²) in [6.07, 6.45) is 0.611. The third-order valence-corrected chi connectivity index (χ3v) is 7.57. The lowest BCUT2D eigenvalue weighted by Crippen LogP contribution is -2.46. The number of rotatable bonds is 5. The van der Waals surface area contributed by atoms with E-state index in [-0.39, 0.29) is 12.2 Å². The van der Waals surface area contributed by atoms with Crippen LogP contribution in [0.3, 0.4) is 0 Å². The van der Waals surface area contributed by atoms with Gasteiger partial charge in [0.15, 0.2) is 9.84 Å². The van der Waals surface area contributed by atoms with Gasteiger partial charge in [0.25, 0.3) is 5.91 Å². The third-order valence-electron chi connectivity index (χ3n) is 5.76. The average Bonchev–Trinajstić information content (AvgIpc) is 2.95. The first-order chi connectivity index (χ1) is 15.4. The summed E-state index contributed by atoms with van der Waals surface area (Å²) in [4.78, 5) is 12.8. The van der Waals surface area contributed by atoms with Crippen molar-refractivity contribution in [2.75, 3.05) is 25.4 Å². The number of ether oxygens (including phenoxy) is 1. The number of nitriles is 1. The summed E-state index contributed by atoms with van der Waals surface area (Å²) in [5, 5.41) is 15.2. The van der Waals surface area contributed by atoms with Crippen molar-refractivity contribution in [2.24, 2.45) is 0 Å². The van der Waals surface area contributed by atoms with Crippen LogP contribution in [-0.2, 0) is 32.2 Å². The molecule has 2 atom stereocenters. The normalized spacial score (nSPS) is 20.6. The van der Waals surface area contributed by atoms with Crippen LogP contribution in [0.1, 0.15) is 17.5 Å². The number of fused-ring (bicyclic) bond motifs is 1. The molecule has 0 spiro atoms. The number of sulfone groups is 1. The Bertz CT molecular complexity index is 1170. The smallest absolute Gasteiger partial charge is 0.251 e. The van der Waals surface area contributed by atoms with Crippen molar-refractivity contribution in [3.63, 3.8) is 0 Å². The molecule has 0 aliphatic carbocycles. The van der Waals surface area contributed by atoms with E-state index in [2.05, 4.69) is 10.6 Å². The Labute approximate surface area is 186 Å². The molecule has 4 rings (SSSR count). The second-order valence-corrected chi connectivity index (χ2v) is 10.1. The molecular weight excluding hydrogens is 433 g/mol. The summed E-state index contributed by atoms with van der Waals surface area (Å²) in [5.74, 6) is -0.781. The second-order valence-electron chi connectivity index (χ2n) is 8.01. The van der Waals surface area contributed by atoms with Crippen molar-refractivity contribution < 1.29 is 22.3 Å². The van der Waals surface area contributed by atoms with E-state index < -0.39 is 33.7 Å². The molecule has 1 amide bonds. The zero-order valence-corrected chi connectivity index (χ0v) is 18.3. The van der Waals surface area contributed by atoms with E-state index in [9.17, 15) is 22.9 Å². The summed E-state index contributed by atoms with van der Waals surface area (Å²) in [6, 6.07) is 10.9. The van der Waals surface area contributed by atoms with Crippen LogP contribution in [0.5, 0.6) is 0 Å². The van der Waals surface area contributed by atoms with Crippen LogP contribution in [-0.4, -0.2) is 51.9 Å². The Morgan fingerprint density at radius 2 is 2.06 bits per heavy atom. The monoisotopic (exact) mass is 457 g/mol. The molecule has 0 saturated carbocycles. The standard InChI is InChI=1S/C23H24FN3O4S/c24-20-12-16(15-4-5-22-18(10-15)6-9-32(22,29)30)2-3-17(20)11-19(13-25)27-23(28)21-14-26-7-1-8-31-21/h2-5,10,12,19,21,26H,1,6-9,11,14H2,(H,27,28)/t19-,21-/m0/s1. The maximum absolute atomic E-state index is 14.8. The number of carbonyl (C=O) groups excluding carboxylic acids is 1. The summed E-state index contributed by atoms with van der Waals surface area (Å²) in [6.45, 7) is 1.60. The zero-order chi connectivity index (χ0) is 22.7. The van der Waals surface area contributed by atoms with Gasteiger partial charge in [0, 0.05) is 19.6 Å².